The third-order valence-corrected chi connectivity index (χ3v) is 3.06. The summed E-state index contributed by atoms with van der Waals surface area (Å²) in [6.07, 6.45) is 0.918. The van der Waals surface area contributed by atoms with Crippen LogP contribution in [0, 0.1) is 0 Å². The Morgan fingerprint density at radius 3 is 2.73 bits per heavy atom. The molecule has 5 nitrogen and oxygen atoms in total. The summed E-state index contributed by atoms with van der Waals surface area (Å²) in [4.78, 5) is 12.3. The Morgan fingerprint density at radius 2 is 2.05 bits per heavy atom. The lowest BCUT2D eigenvalue weighted by Crippen LogP contribution is -2.12. The van der Waals surface area contributed by atoms with Gasteiger partial charge in [-0.2, -0.15) is 0 Å². The van der Waals surface area contributed by atoms with Crippen LogP contribution >= 0.6 is 0 Å². The first-order valence-electron chi connectivity index (χ1n) is 7.11. The highest BCUT2D eigenvalue weighted by Crippen LogP contribution is 2.25. The number of hydrogen-bond acceptors (Lipinski definition) is 4. The van der Waals surface area contributed by atoms with Crippen molar-refractivity contribution in [3.63, 3.8) is 0 Å². The summed E-state index contributed by atoms with van der Waals surface area (Å²) < 4.78 is 10.6. The van der Waals surface area contributed by atoms with Gasteiger partial charge in [-0.05, 0) is 42.8 Å². The molecule has 0 aliphatic carbocycles. The minimum atomic E-state index is -0.216. The molecule has 0 aliphatic heterocycles. The molecule has 2 rings (SSSR count). The Kier molecular flexibility index (Phi) is 5.25. The van der Waals surface area contributed by atoms with Crippen LogP contribution in [-0.4, -0.2) is 19.6 Å². The van der Waals surface area contributed by atoms with Gasteiger partial charge in [0.05, 0.1) is 19.4 Å². The zero-order valence-corrected chi connectivity index (χ0v) is 12.8. The highest BCUT2D eigenvalue weighted by Gasteiger charge is 2.08. The summed E-state index contributed by atoms with van der Waals surface area (Å²) in [6.45, 7) is 2.66. The molecular formula is C17H20N2O3. The van der Waals surface area contributed by atoms with Crippen LogP contribution in [0.2, 0.25) is 0 Å². The van der Waals surface area contributed by atoms with Crippen molar-refractivity contribution in [1.82, 2.24) is 0 Å². The number of hydrogen-bond donors (Lipinski definition) is 2. The van der Waals surface area contributed by atoms with E-state index < -0.39 is 0 Å². The van der Waals surface area contributed by atoms with Gasteiger partial charge in [0.1, 0.15) is 11.5 Å². The number of amides is 1. The number of methoxy groups -OCH3 is 1. The van der Waals surface area contributed by atoms with Crippen molar-refractivity contribution >= 4 is 17.3 Å². The van der Waals surface area contributed by atoms with Crippen molar-refractivity contribution in [2.75, 3.05) is 24.8 Å². The number of nitrogens with one attached hydrogen (secondary N) is 1. The molecule has 0 spiro atoms. The van der Waals surface area contributed by atoms with Crippen LogP contribution in [0.25, 0.3) is 0 Å². The largest absolute Gasteiger partial charge is 0.495 e. The van der Waals surface area contributed by atoms with Crippen LogP contribution in [0.1, 0.15) is 23.7 Å². The second-order valence-corrected chi connectivity index (χ2v) is 4.79. The van der Waals surface area contributed by atoms with E-state index in [-0.39, 0.29) is 5.91 Å². The number of benzene rings is 2. The van der Waals surface area contributed by atoms with Crippen molar-refractivity contribution < 1.29 is 14.3 Å². The lowest BCUT2D eigenvalue weighted by molar-refractivity contribution is 0.102. The molecule has 0 atom stereocenters. The van der Waals surface area contributed by atoms with Crippen LogP contribution in [-0.2, 0) is 0 Å². The predicted octanol–water partition coefficient (Wildman–Crippen LogP) is 3.32. The van der Waals surface area contributed by atoms with Gasteiger partial charge >= 0.3 is 0 Å². The highest BCUT2D eigenvalue weighted by molar-refractivity contribution is 6.04. The van der Waals surface area contributed by atoms with Gasteiger partial charge in [-0.25, -0.2) is 0 Å². The first-order chi connectivity index (χ1) is 10.6. The first-order valence-corrected chi connectivity index (χ1v) is 7.11. The van der Waals surface area contributed by atoms with Gasteiger partial charge in [0.25, 0.3) is 5.91 Å². The number of ether oxygens (including phenoxy) is 2. The first kappa shape index (κ1) is 15.7. The highest BCUT2D eigenvalue weighted by atomic mass is 16.5. The van der Waals surface area contributed by atoms with Crippen molar-refractivity contribution in [2.24, 2.45) is 0 Å². The number of nitrogen functional groups attached to an aromatic ring is 1. The molecule has 5 heteroatoms. The maximum atomic E-state index is 12.3. The summed E-state index contributed by atoms with van der Waals surface area (Å²) >= 11 is 0. The Morgan fingerprint density at radius 1 is 1.23 bits per heavy atom. The van der Waals surface area contributed by atoms with E-state index in [1.54, 1.807) is 43.5 Å². The average molecular weight is 300 g/mol. The molecule has 0 heterocycles. The topological polar surface area (TPSA) is 73.6 Å². The summed E-state index contributed by atoms with van der Waals surface area (Å²) in [5, 5.41) is 2.80. The number of carbonyl (C=O) groups excluding carboxylic acids is 1. The minimum Gasteiger partial charge on any atom is -0.495 e. The van der Waals surface area contributed by atoms with Gasteiger partial charge in [-0.3, -0.25) is 4.79 Å². The Labute approximate surface area is 130 Å². The zero-order valence-electron chi connectivity index (χ0n) is 12.8. The molecule has 0 bridgehead atoms. The van der Waals surface area contributed by atoms with E-state index in [2.05, 4.69) is 5.32 Å². The molecule has 22 heavy (non-hydrogen) atoms. The van der Waals surface area contributed by atoms with Gasteiger partial charge in [0.15, 0.2) is 0 Å². The smallest absolute Gasteiger partial charge is 0.255 e. The molecule has 0 saturated carbocycles. The third-order valence-electron chi connectivity index (χ3n) is 3.06. The van der Waals surface area contributed by atoms with E-state index in [9.17, 15) is 4.79 Å². The lowest BCUT2D eigenvalue weighted by Gasteiger charge is -2.10. The number of carbonyl (C=O) groups is 1. The predicted molar refractivity (Wildman–Crippen MR) is 87.6 cm³/mol. The van der Waals surface area contributed by atoms with Crippen LogP contribution in [0.3, 0.4) is 0 Å². The molecule has 0 aromatic heterocycles. The minimum absolute atomic E-state index is 0.216. The third kappa shape index (κ3) is 3.91. The molecule has 1 amide bonds. The molecule has 0 fully saturated rings. The van der Waals surface area contributed by atoms with E-state index >= 15 is 0 Å². The second-order valence-electron chi connectivity index (χ2n) is 4.79. The SMILES string of the molecule is CCCOc1cccc(C(=O)Nc2ccc(OC)c(N)c2)c1. The Balaban J connectivity index is 2.10. The number of rotatable bonds is 6. The van der Waals surface area contributed by atoms with Crippen molar-refractivity contribution in [3.8, 4) is 11.5 Å². The van der Waals surface area contributed by atoms with E-state index in [0.717, 1.165) is 6.42 Å². The standard InChI is InChI=1S/C17H20N2O3/c1-3-9-22-14-6-4-5-12(10-14)17(20)19-13-7-8-16(21-2)15(18)11-13/h4-8,10-11H,3,9,18H2,1-2H3,(H,19,20). The monoisotopic (exact) mass is 300 g/mol. The molecule has 0 radical (unpaired) electrons. The summed E-state index contributed by atoms with van der Waals surface area (Å²) in [6, 6.07) is 12.2. The summed E-state index contributed by atoms with van der Waals surface area (Å²) in [5.41, 5.74) is 7.45. The number of anilines is 2. The molecular weight excluding hydrogens is 280 g/mol. The molecule has 2 aromatic rings. The lowest BCUT2D eigenvalue weighted by atomic mass is 10.2. The molecule has 0 saturated heterocycles. The molecule has 116 valence electrons. The zero-order chi connectivity index (χ0) is 15.9. The fraction of sp³-hybridized carbons (Fsp3) is 0.235. The normalized spacial score (nSPS) is 10.1. The van der Waals surface area contributed by atoms with Gasteiger partial charge in [0, 0.05) is 11.3 Å². The molecule has 2 aromatic carbocycles. The molecule has 0 unspecified atom stereocenters. The fourth-order valence-electron chi connectivity index (χ4n) is 1.96. The summed E-state index contributed by atoms with van der Waals surface area (Å²) in [7, 11) is 1.55. The van der Waals surface area contributed by atoms with E-state index in [1.165, 1.54) is 0 Å². The van der Waals surface area contributed by atoms with Gasteiger partial charge < -0.3 is 20.5 Å². The Bertz CT molecular complexity index is 656. The fourth-order valence-corrected chi connectivity index (χ4v) is 1.96. The quantitative estimate of drug-likeness (QED) is 0.803. The second kappa shape index (κ2) is 7.36. The van der Waals surface area contributed by atoms with Crippen LogP contribution < -0.4 is 20.5 Å². The van der Waals surface area contributed by atoms with E-state index in [1.807, 2.05) is 13.0 Å². The van der Waals surface area contributed by atoms with Crippen molar-refractivity contribution in [1.29, 1.82) is 0 Å². The molecule has 3 N–H and O–H groups in total. The maximum absolute atomic E-state index is 12.3. The van der Waals surface area contributed by atoms with Crippen molar-refractivity contribution in [3.05, 3.63) is 48.0 Å². The average Bonchev–Trinajstić information content (AvgIpc) is 2.53. The van der Waals surface area contributed by atoms with Crippen LogP contribution in [0.4, 0.5) is 11.4 Å². The van der Waals surface area contributed by atoms with E-state index in [4.69, 9.17) is 15.2 Å². The number of nitrogens with two attached hydrogens (primary N) is 1. The van der Waals surface area contributed by atoms with Gasteiger partial charge in [-0.1, -0.05) is 13.0 Å². The Hall–Kier alpha value is -2.69. The van der Waals surface area contributed by atoms with E-state index in [0.29, 0.717) is 35.0 Å². The van der Waals surface area contributed by atoms with Gasteiger partial charge in [0.2, 0.25) is 0 Å². The molecule has 0 aliphatic rings. The van der Waals surface area contributed by atoms with Crippen molar-refractivity contribution in [2.45, 2.75) is 13.3 Å². The van der Waals surface area contributed by atoms with Crippen LogP contribution in [0.5, 0.6) is 11.5 Å². The van der Waals surface area contributed by atoms with Crippen LogP contribution in [0.15, 0.2) is 42.5 Å². The summed E-state index contributed by atoms with van der Waals surface area (Å²) in [5.74, 6) is 1.04. The maximum Gasteiger partial charge on any atom is 0.255 e. The van der Waals surface area contributed by atoms with Gasteiger partial charge in [-0.15, -0.1) is 0 Å².